The number of aryl methyl sites for hydroxylation is 2. The smallest absolute Gasteiger partial charge is 0.255 e. The number of amides is 1. The van der Waals surface area contributed by atoms with Crippen molar-refractivity contribution in [2.45, 2.75) is 32.1 Å². The molecular weight excluding hydrogens is 460 g/mol. The molecule has 0 aliphatic heterocycles. The van der Waals surface area contributed by atoms with Crippen molar-refractivity contribution in [2.24, 2.45) is 0 Å². The van der Waals surface area contributed by atoms with E-state index < -0.39 is 0 Å². The van der Waals surface area contributed by atoms with Gasteiger partial charge in [0.25, 0.3) is 5.91 Å². The maximum Gasteiger partial charge on any atom is 0.255 e. The lowest BCUT2D eigenvalue weighted by Crippen LogP contribution is -2.25. The Morgan fingerprint density at radius 3 is 2.69 bits per heavy atom. The number of hydrogen-bond acceptors (Lipinski definition) is 6. The zero-order valence-electron chi connectivity index (χ0n) is 19.9. The van der Waals surface area contributed by atoms with Crippen molar-refractivity contribution in [3.05, 3.63) is 75.9 Å². The van der Waals surface area contributed by atoms with Gasteiger partial charge in [0.05, 0.1) is 36.2 Å². The van der Waals surface area contributed by atoms with Gasteiger partial charge in [-0.25, -0.2) is 9.67 Å². The number of nitrogens with one attached hydrogen (secondary N) is 1. The highest BCUT2D eigenvalue weighted by Gasteiger charge is 2.22. The molecule has 0 radical (unpaired) electrons. The molecular formula is C27H28N4O3S. The van der Waals surface area contributed by atoms with Crippen LogP contribution in [0.2, 0.25) is 0 Å². The van der Waals surface area contributed by atoms with Gasteiger partial charge in [0, 0.05) is 35.7 Å². The van der Waals surface area contributed by atoms with Crippen LogP contribution in [0.15, 0.2) is 54.7 Å². The number of para-hydroxylation sites is 1. The molecule has 1 aliphatic carbocycles. The molecule has 35 heavy (non-hydrogen) atoms. The summed E-state index contributed by atoms with van der Waals surface area (Å²) in [7, 11) is 3.20. The molecule has 1 aliphatic rings. The Morgan fingerprint density at radius 2 is 1.91 bits per heavy atom. The fraction of sp³-hybridized carbons (Fsp3) is 0.296. The summed E-state index contributed by atoms with van der Waals surface area (Å²) in [6.45, 7) is 0.515. The topological polar surface area (TPSA) is 78.3 Å². The minimum Gasteiger partial charge on any atom is -0.497 e. The predicted octanol–water partition coefficient (Wildman–Crippen LogP) is 4.86. The Morgan fingerprint density at radius 1 is 1.09 bits per heavy atom. The second-order valence-corrected chi connectivity index (χ2v) is 9.60. The van der Waals surface area contributed by atoms with E-state index in [0.29, 0.717) is 29.3 Å². The highest BCUT2D eigenvalue weighted by molar-refractivity contribution is 7.11. The quantitative estimate of drug-likeness (QED) is 0.383. The molecule has 0 bridgehead atoms. The number of rotatable bonds is 8. The second-order valence-electron chi connectivity index (χ2n) is 8.43. The van der Waals surface area contributed by atoms with Crippen LogP contribution < -0.4 is 14.8 Å². The first-order valence-corrected chi connectivity index (χ1v) is 12.6. The van der Waals surface area contributed by atoms with Crippen molar-refractivity contribution < 1.29 is 14.3 Å². The Kier molecular flexibility index (Phi) is 6.81. The van der Waals surface area contributed by atoms with Gasteiger partial charge in [-0.1, -0.05) is 18.2 Å². The Bertz CT molecular complexity index is 1310. The van der Waals surface area contributed by atoms with Gasteiger partial charge in [0.2, 0.25) is 0 Å². The third kappa shape index (κ3) is 4.93. The number of benzene rings is 2. The zero-order chi connectivity index (χ0) is 24.2. The molecule has 2 heterocycles. The van der Waals surface area contributed by atoms with Crippen molar-refractivity contribution in [2.75, 3.05) is 20.8 Å². The van der Waals surface area contributed by atoms with E-state index in [-0.39, 0.29) is 5.91 Å². The van der Waals surface area contributed by atoms with Crippen LogP contribution in [0.25, 0.3) is 16.9 Å². The second kappa shape index (κ2) is 10.3. The van der Waals surface area contributed by atoms with Crippen LogP contribution in [0.4, 0.5) is 0 Å². The Labute approximate surface area is 208 Å². The summed E-state index contributed by atoms with van der Waals surface area (Å²) in [6, 6.07) is 15.2. The first-order valence-electron chi connectivity index (χ1n) is 11.8. The van der Waals surface area contributed by atoms with E-state index in [2.05, 4.69) is 5.32 Å². The van der Waals surface area contributed by atoms with E-state index in [1.54, 1.807) is 42.5 Å². The number of methoxy groups -OCH3 is 2. The minimum absolute atomic E-state index is 0.179. The van der Waals surface area contributed by atoms with E-state index in [1.807, 2.05) is 42.5 Å². The van der Waals surface area contributed by atoms with Gasteiger partial charge in [-0.2, -0.15) is 5.10 Å². The van der Waals surface area contributed by atoms with Crippen LogP contribution >= 0.6 is 11.3 Å². The van der Waals surface area contributed by atoms with Gasteiger partial charge >= 0.3 is 0 Å². The zero-order valence-corrected chi connectivity index (χ0v) is 20.7. The molecule has 180 valence electrons. The standard InChI is InChI=1S/C27H28N4O3S/c1-33-19-12-13-20(23(16-19)34-2)26-21(17-31(30-26)18-8-4-3-5-9-18)27(32)28-15-14-25-29-22-10-6-7-11-24(22)35-25/h3-5,8-9,12-13,16-17H,6-7,10-11,14-15H2,1-2H3,(H,28,32). The summed E-state index contributed by atoms with van der Waals surface area (Å²) in [5, 5.41) is 8.93. The van der Waals surface area contributed by atoms with Gasteiger partial charge in [-0.15, -0.1) is 11.3 Å². The van der Waals surface area contributed by atoms with Crippen LogP contribution in [0, 0.1) is 0 Å². The summed E-state index contributed by atoms with van der Waals surface area (Å²) in [5.41, 5.74) is 3.88. The van der Waals surface area contributed by atoms with E-state index in [1.165, 1.54) is 23.4 Å². The number of ether oxygens (including phenoxy) is 2. The minimum atomic E-state index is -0.179. The monoisotopic (exact) mass is 488 g/mol. The molecule has 0 spiro atoms. The lowest BCUT2D eigenvalue weighted by molar-refractivity contribution is 0.0954. The number of carbonyl (C=O) groups is 1. The van der Waals surface area contributed by atoms with Gasteiger partial charge in [-0.3, -0.25) is 4.79 Å². The summed E-state index contributed by atoms with van der Waals surface area (Å²) < 4.78 is 12.7. The molecule has 4 aromatic rings. The summed E-state index contributed by atoms with van der Waals surface area (Å²) in [4.78, 5) is 19.5. The summed E-state index contributed by atoms with van der Waals surface area (Å²) >= 11 is 1.79. The average molecular weight is 489 g/mol. The summed E-state index contributed by atoms with van der Waals surface area (Å²) in [6.07, 6.45) is 7.16. The SMILES string of the molecule is COc1ccc(-c2nn(-c3ccccc3)cc2C(=O)NCCc2nc3c(s2)CCCC3)c(OC)c1. The van der Waals surface area contributed by atoms with Crippen LogP contribution in [0.3, 0.4) is 0 Å². The van der Waals surface area contributed by atoms with Crippen molar-refractivity contribution in [1.82, 2.24) is 20.1 Å². The van der Waals surface area contributed by atoms with Crippen molar-refractivity contribution >= 4 is 17.2 Å². The van der Waals surface area contributed by atoms with Crippen molar-refractivity contribution in [3.63, 3.8) is 0 Å². The lowest BCUT2D eigenvalue weighted by Gasteiger charge is -2.10. The maximum atomic E-state index is 13.3. The predicted molar refractivity (Wildman–Crippen MR) is 137 cm³/mol. The number of nitrogens with zero attached hydrogens (tertiary/aromatic N) is 3. The largest absolute Gasteiger partial charge is 0.497 e. The third-order valence-corrected chi connectivity index (χ3v) is 7.37. The lowest BCUT2D eigenvalue weighted by atomic mass is 10.0. The molecule has 2 aromatic carbocycles. The van der Waals surface area contributed by atoms with E-state index in [9.17, 15) is 4.79 Å². The fourth-order valence-electron chi connectivity index (χ4n) is 4.34. The van der Waals surface area contributed by atoms with Gasteiger partial charge in [0.15, 0.2) is 0 Å². The van der Waals surface area contributed by atoms with Gasteiger partial charge in [-0.05, 0) is 49.9 Å². The first-order chi connectivity index (χ1) is 17.2. The average Bonchev–Trinajstić information content (AvgIpc) is 3.53. The molecule has 0 unspecified atom stereocenters. The molecule has 0 atom stereocenters. The van der Waals surface area contributed by atoms with Gasteiger partial charge in [0.1, 0.15) is 17.2 Å². The number of thiazole rings is 1. The molecule has 5 rings (SSSR count). The Balaban J connectivity index is 1.41. The normalized spacial score (nSPS) is 12.7. The fourth-order valence-corrected chi connectivity index (χ4v) is 5.49. The highest BCUT2D eigenvalue weighted by atomic mass is 32.1. The molecule has 1 N–H and O–H groups in total. The maximum absolute atomic E-state index is 13.3. The molecule has 2 aromatic heterocycles. The van der Waals surface area contributed by atoms with Crippen LogP contribution in [0.1, 0.15) is 38.8 Å². The van der Waals surface area contributed by atoms with Crippen molar-refractivity contribution in [3.8, 4) is 28.4 Å². The molecule has 8 heteroatoms. The van der Waals surface area contributed by atoms with Crippen molar-refractivity contribution in [1.29, 1.82) is 0 Å². The molecule has 7 nitrogen and oxygen atoms in total. The van der Waals surface area contributed by atoms with Crippen LogP contribution in [-0.4, -0.2) is 41.4 Å². The highest BCUT2D eigenvalue weighted by Crippen LogP contribution is 2.35. The number of hydrogen-bond donors (Lipinski definition) is 1. The van der Waals surface area contributed by atoms with Crippen LogP contribution in [-0.2, 0) is 19.3 Å². The third-order valence-electron chi connectivity index (χ3n) is 6.16. The number of fused-ring (bicyclic) bond motifs is 1. The van der Waals surface area contributed by atoms with E-state index >= 15 is 0 Å². The van der Waals surface area contributed by atoms with E-state index in [0.717, 1.165) is 35.5 Å². The molecule has 0 fully saturated rings. The molecule has 0 saturated carbocycles. The van der Waals surface area contributed by atoms with E-state index in [4.69, 9.17) is 19.6 Å². The molecule has 0 saturated heterocycles. The first kappa shape index (κ1) is 23.1. The van der Waals surface area contributed by atoms with Crippen LogP contribution in [0.5, 0.6) is 11.5 Å². The number of aromatic nitrogens is 3. The summed E-state index contributed by atoms with van der Waals surface area (Å²) in [5.74, 6) is 1.08. The Hall–Kier alpha value is -3.65. The number of carbonyl (C=O) groups excluding carboxylic acids is 1. The molecule has 1 amide bonds. The van der Waals surface area contributed by atoms with Gasteiger partial charge < -0.3 is 14.8 Å².